The zero-order valence-corrected chi connectivity index (χ0v) is 12.0. The lowest BCUT2D eigenvalue weighted by atomic mass is 10.0. The van der Waals surface area contributed by atoms with Crippen molar-refractivity contribution in [2.24, 2.45) is 0 Å². The summed E-state index contributed by atoms with van der Waals surface area (Å²) in [5, 5.41) is 29.0. The molecule has 8 heteroatoms. The molecule has 8 nitrogen and oxygen atoms in total. The second-order valence-electron chi connectivity index (χ2n) is 5.95. The van der Waals surface area contributed by atoms with Crippen LogP contribution in [0.1, 0.15) is 43.4 Å². The topological polar surface area (TPSA) is 125 Å². The third kappa shape index (κ3) is 2.52. The molecule has 1 saturated carbocycles. The average Bonchev–Trinajstić information content (AvgIpc) is 3.10. The van der Waals surface area contributed by atoms with Crippen LogP contribution in [0.4, 0.5) is 0 Å². The first-order valence-electron chi connectivity index (χ1n) is 7.50. The molecule has 0 unspecified atom stereocenters. The van der Waals surface area contributed by atoms with Gasteiger partial charge in [0.1, 0.15) is 24.4 Å². The SMILES string of the molecule is O=c1[nH]c(=O)n(C2CCCC2)cc1[C@@H]1O[C@H](CO)[C@@H](O)[C@H]1O. The van der Waals surface area contributed by atoms with Gasteiger partial charge >= 0.3 is 5.69 Å². The molecular weight excluding hydrogens is 292 g/mol. The van der Waals surface area contributed by atoms with Crippen molar-refractivity contribution in [3.05, 3.63) is 32.6 Å². The highest BCUT2D eigenvalue weighted by Crippen LogP contribution is 2.33. The minimum absolute atomic E-state index is 0.0280. The van der Waals surface area contributed by atoms with Gasteiger partial charge in [0.25, 0.3) is 5.56 Å². The fourth-order valence-electron chi connectivity index (χ4n) is 3.31. The van der Waals surface area contributed by atoms with Crippen LogP contribution in [0.3, 0.4) is 0 Å². The van der Waals surface area contributed by atoms with Crippen molar-refractivity contribution in [2.75, 3.05) is 6.61 Å². The van der Waals surface area contributed by atoms with Crippen LogP contribution in [0.5, 0.6) is 0 Å². The Hall–Kier alpha value is -1.48. The summed E-state index contributed by atoms with van der Waals surface area (Å²) in [5.41, 5.74) is -1.03. The van der Waals surface area contributed by atoms with E-state index in [4.69, 9.17) is 9.84 Å². The van der Waals surface area contributed by atoms with Crippen molar-refractivity contribution in [2.45, 2.75) is 56.1 Å². The summed E-state index contributed by atoms with van der Waals surface area (Å²) in [4.78, 5) is 26.3. The van der Waals surface area contributed by atoms with E-state index in [-0.39, 0.29) is 11.6 Å². The molecule has 0 radical (unpaired) electrons. The number of rotatable bonds is 3. The number of aliphatic hydroxyl groups excluding tert-OH is 3. The molecule has 1 saturated heterocycles. The Balaban J connectivity index is 1.98. The minimum Gasteiger partial charge on any atom is -0.394 e. The summed E-state index contributed by atoms with van der Waals surface area (Å²) in [7, 11) is 0. The monoisotopic (exact) mass is 312 g/mol. The standard InChI is InChI=1S/C14H20N2O6/c17-6-9-10(18)11(19)12(22-9)8-5-16(7-3-1-2-4-7)14(21)15-13(8)20/h5,7,9-12,17-19H,1-4,6H2,(H,15,20,21)/t9-,10-,11-,12+/m1/s1. The predicted molar refractivity (Wildman–Crippen MR) is 75.5 cm³/mol. The summed E-state index contributed by atoms with van der Waals surface area (Å²) in [6.07, 6.45) is 0.573. The van der Waals surface area contributed by atoms with Gasteiger partial charge in [-0.3, -0.25) is 14.3 Å². The maximum Gasteiger partial charge on any atom is 0.328 e. The van der Waals surface area contributed by atoms with E-state index in [0.29, 0.717) is 0 Å². The fourth-order valence-corrected chi connectivity index (χ4v) is 3.31. The first-order chi connectivity index (χ1) is 10.5. The minimum atomic E-state index is -1.33. The third-order valence-electron chi connectivity index (χ3n) is 4.56. The molecule has 1 aliphatic heterocycles. The summed E-state index contributed by atoms with van der Waals surface area (Å²) in [5.74, 6) is 0. The summed E-state index contributed by atoms with van der Waals surface area (Å²) < 4.78 is 6.84. The molecular formula is C14H20N2O6. The number of nitrogens with one attached hydrogen (secondary N) is 1. The molecule has 0 amide bonds. The number of aliphatic hydroxyl groups is 3. The van der Waals surface area contributed by atoms with Crippen LogP contribution in [0.15, 0.2) is 15.8 Å². The lowest BCUT2D eigenvalue weighted by molar-refractivity contribution is -0.0233. The molecule has 4 N–H and O–H groups in total. The van der Waals surface area contributed by atoms with Gasteiger partial charge in [0, 0.05) is 12.2 Å². The van der Waals surface area contributed by atoms with Crippen LogP contribution >= 0.6 is 0 Å². The smallest absolute Gasteiger partial charge is 0.328 e. The second-order valence-corrected chi connectivity index (χ2v) is 5.95. The first-order valence-corrected chi connectivity index (χ1v) is 7.50. The van der Waals surface area contributed by atoms with Crippen molar-refractivity contribution in [3.8, 4) is 0 Å². The Morgan fingerprint density at radius 1 is 1.23 bits per heavy atom. The highest BCUT2D eigenvalue weighted by atomic mass is 16.6. The largest absolute Gasteiger partial charge is 0.394 e. The van der Waals surface area contributed by atoms with E-state index in [1.807, 2.05) is 0 Å². The number of H-pyrrole nitrogens is 1. The molecule has 2 aliphatic rings. The van der Waals surface area contributed by atoms with E-state index in [1.165, 1.54) is 10.8 Å². The van der Waals surface area contributed by atoms with E-state index >= 15 is 0 Å². The molecule has 0 aromatic carbocycles. The molecule has 1 aliphatic carbocycles. The van der Waals surface area contributed by atoms with Gasteiger partial charge < -0.3 is 20.1 Å². The van der Waals surface area contributed by atoms with Gasteiger partial charge in [-0.1, -0.05) is 12.8 Å². The first kappa shape index (κ1) is 15.4. The zero-order valence-electron chi connectivity index (χ0n) is 12.0. The zero-order chi connectivity index (χ0) is 15.9. The van der Waals surface area contributed by atoms with Gasteiger partial charge in [-0.25, -0.2) is 4.79 Å². The predicted octanol–water partition coefficient (Wildman–Crippen LogP) is -1.19. The van der Waals surface area contributed by atoms with E-state index in [0.717, 1.165) is 25.7 Å². The summed E-state index contributed by atoms with van der Waals surface area (Å²) in [6.45, 7) is -0.463. The molecule has 2 heterocycles. The van der Waals surface area contributed by atoms with Gasteiger partial charge in [0.05, 0.1) is 12.2 Å². The van der Waals surface area contributed by atoms with Gasteiger partial charge in [-0.2, -0.15) is 0 Å². The molecule has 3 rings (SSSR count). The molecule has 2 fully saturated rings. The number of aromatic nitrogens is 2. The average molecular weight is 312 g/mol. The lowest BCUT2D eigenvalue weighted by Crippen LogP contribution is -2.37. The normalized spacial score (nSPS) is 32.7. The number of ether oxygens (including phenoxy) is 1. The fraction of sp³-hybridized carbons (Fsp3) is 0.714. The summed E-state index contributed by atoms with van der Waals surface area (Å²) in [6, 6.07) is 0.0280. The Morgan fingerprint density at radius 2 is 1.91 bits per heavy atom. The van der Waals surface area contributed by atoms with Crippen LogP contribution in [-0.4, -0.2) is 49.8 Å². The summed E-state index contributed by atoms with van der Waals surface area (Å²) >= 11 is 0. The molecule has 122 valence electrons. The second kappa shape index (κ2) is 5.96. The van der Waals surface area contributed by atoms with Gasteiger partial charge in [-0.05, 0) is 12.8 Å². The van der Waals surface area contributed by atoms with Crippen LogP contribution in [0.25, 0.3) is 0 Å². The van der Waals surface area contributed by atoms with E-state index < -0.39 is 42.3 Å². The van der Waals surface area contributed by atoms with Gasteiger partial charge in [0.15, 0.2) is 0 Å². The number of hydrogen-bond acceptors (Lipinski definition) is 6. The van der Waals surface area contributed by atoms with Crippen molar-refractivity contribution in [3.63, 3.8) is 0 Å². The maximum absolute atomic E-state index is 12.0. The Morgan fingerprint density at radius 3 is 2.50 bits per heavy atom. The Labute approximate surface area is 126 Å². The number of nitrogens with zero attached hydrogens (tertiary/aromatic N) is 1. The van der Waals surface area contributed by atoms with Crippen molar-refractivity contribution >= 4 is 0 Å². The molecule has 4 atom stereocenters. The molecule has 1 aromatic heterocycles. The lowest BCUT2D eigenvalue weighted by Gasteiger charge is -2.18. The third-order valence-corrected chi connectivity index (χ3v) is 4.56. The van der Waals surface area contributed by atoms with Crippen LogP contribution < -0.4 is 11.2 Å². The Kier molecular flexibility index (Phi) is 4.18. The Bertz CT molecular complexity index is 647. The van der Waals surface area contributed by atoms with E-state index in [1.54, 1.807) is 0 Å². The van der Waals surface area contributed by atoms with Gasteiger partial charge in [0.2, 0.25) is 0 Å². The van der Waals surface area contributed by atoms with Crippen LogP contribution in [-0.2, 0) is 4.74 Å². The van der Waals surface area contributed by atoms with E-state index in [2.05, 4.69) is 4.98 Å². The quantitative estimate of drug-likeness (QED) is 0.556. The molecule has 0 spiro atoms. The van der Waals surface area contributed by atoms with E-state index in [9.17, 15) is 19.8 Å². The van der Waals surface area contributed by atoms with Gasteiger partial charge in [-0.15, -0.1) is 0 Å². The molecule has 1 aromatic rings. The van der Waals surface area contributed by atoms with Crippen molar-refractivity contribution in [1.29, 1.82) is 0 Å². The highest BCUT2D eigenvalue weighted by molar-refractivity contribution is 5.15. The molecule has 22 heavy (non-hydrogen) atoms. The van der Waals surface area contributed by atoms with Crippen molar-refractivity contribution in [1.82, 2.24) is 9.55 Å². The highest BCUT2D eigenvalue weighted by Gasteiger charge is 2.44. The van der Waals surface area contributed by atoms with Crippen molar-refractivity contribution < 1.29 is 20.1 Å². The van der Waals surface area contributed by atoms with Crippen LogP contribution in [0, 0.1) is 0 Å². The molecule has 0 bridgehead atoms. The maximum atomic E-state index is 12.0. The number of hydrogen-bond donors (Lipinski definition) is 4. The number of aromatic amines is 1. The van der Waals surface area contributed by atoms with Crippen LogP contribution in [0.2, 0.25) is 0 Å².